The Labute approximate surface area is 142 Å². The highest BCUT2D eigenvalue weighted by Crippen LogP contribution is 2.12. The van der Waals surface area contributed by atoms with Crippen molar-refractivity contribution in [2.45, 2.75) is 32.9 Å². The van der Waals surface area contributed by atoms with E-state index >= 15 is 0 Å². The van der Waals surface area contributed by atoms with Gasteiger partial charge in [-0.05, 0) is 26.3 Å². The van der Waals surface area contributed by atoms with Crippen LogP contribution in [0, 0.1) is 10.1 Å². The fraction of sp³-hybridized carbons (Fsp3) is 0.500. The van der Waals surface area contributed by atoms with Crippen LogP contribution in [0.15, 0.2) is 29.3 Å². The number of carbonyl (C=O) groups excluding carboxylic acids is 1. The number of nitrogens with zero attached hydrogens (tertiary/aromatic N) is 3. The molecule has 0 aromatic heterocycles. The van der Waals surface area contributed by atoms with Crippen molar-refractivity contribution >= 4 is 17.6 Å². The van der Waals surface area contributed by atoms with E-state index < -0.39 is 4.92 Å². The number of likely N-dealkylation sites (N-methyl/N-ethyl adjacent to an activating group) is 1. The van der Waals surface area contributed by atoms with E-state index in [4.69, 9.17) is 0 Å². The van der Waals surface area contributed by atoms with Crippen LogP contribution < -0.4 is 10.6 Å². The molecule has 0 saturated carbocycles. The lowest BCUT2D eigenvalue weighted by Gasteiger charge is -2.25. The number of hydrogen-bond acceptors (Lipinski definition) is 4. The Morgan fingerprint density at radius 3 is 2.58 bits per heavy atom. The molecule has 0 aliphatic heterocycles. The number of aliphatic imine (C=N–C) groups is 1. The van der Waals surface area contributed by atoms with Crippen LogP contribution >= 0.6 is 0 Å². The fourth-order valence-electron chi connectivity index (χ4n) is 2.09. The minimum atomic E-state index is -0.429. The van der Waals surface area contributed by atoms with E-state index in [0.717, 1.165) is 5.56 Å². The fourth-order valence-corrected chi connectivity index (χ4v) is 2.09. The third kappa shape index (κ3) is 6.64. The Morgan fingerprint density at radius 2 is 2.04 bits per heavy atom. The standard InChI is InChI=1S/C16H25N5O3/c1-16(2,3)19-14(22)11-20(5)15(17-4)18-10-12-7-6-8-13(9-12)21(23)24/h6-9H,10-11H2,1-5H3,(H,17,18)(H,19,22). The molecule has 132 valence electrons. The first kappa shape index (κ1) is 19.4. The van der Waals surface area contributed by atoms with Gasteiger partial charge in [0.05, 0.1) is 11.5 Å². The van der Waals surface area contributed by atoms with Gasteiger partial charge in [-0.2, -0.15) is 0 Å². The first-order chi connectivity index (χ1) is 11.1. The first-order valence-corrected chi connectivity index (χ1v) is 7.58. The lowest BCUT2D eigenvalue weighted by atomic mass is 10.1. The molecule has 0 bridgehead atoms. The molecule has 8 heteroatoms. The maximum atomic E-state index is 12.0. The average Bonchev–Trinajstić information content (AvgIpc) is 2.46. The summed E-state index contributed by atoms with van der Waals surface area (Å²) in [6.45, 7) is 6.28. The molecule has 2 N–H and O–H groups in total. The van der Waals surface area contributed by atoms with Crippen LogP contribution in [-0.4, -0.2) is 47.9 Å². The normalized spacial score (nSPS) is 11.8. The highest BCUT2D eigenvalue weighted by molar-refractivity contribution is 5.86. The number of amides is 1. The second kappa shape index (κ2) is 8.28. The second-order valence-corrected chi connectivity index (χ2v) is 6.48. The minimum Gasteiger partial charge on any atom is -0.352 e. The molecular weight excluding hydrogens is 310 g/mol. The summed E-state index contributed by atoms with van der Waals surface area (Å²) < 4.78 is 0. The predicted octanol–water partition coefficient (Wildman–Crippen LogP) is 1.52. The van der Waals surface area contributed by atoms with Gasteiger partial charge >= 0.3 is 0 Å². The lowest BCUT2D eigenvalue weighted by Crippen LogP contribution is -2.48. The van der Waals surface area contributed by atoms with Crippen LogP contribution in [-0.2, 0) is 11.3 Å². The highest BCUT2D eigenvalue weighted by atomic mass is 16.6. The monoisotopic (exact) mass is 335 g/mol. The molecular formula is C16H25N5O3. The van der Waals surface area contributed by atoms with Gasteiger partial charge in [-0.15, -0.1) is 0 Å². The number of nitrogens with one attached hydrogen (secondary N) is 2. The third-order valence-corrected chi connectivity index (χ3v) is 3.04. The zero-order valence-electron chi connectivity index (χ0n) is 14.8. The predicted molar refractivity (Wildman–Crippen MR) is 93.8 cm³/mol. The highest BCUT2D eigenvalue weighted by Gasteiger charge is 2.16. The summed E-state index contributed by atoms with van der Waals surface area (Å²) in [6, 6.07) is 6.38. The summed E-state index contributed by atoms with van der Waals surface area (Å²) in [7, 11) is 3.37. The Hall–Kier alpha value is -2.64. The molecule has 24 heavy (non-hydrogen) atoms. The second-order valence-electron chi connectivity index (χ2n) is 6.48. The molecule has 0 aliphatic rings. The summed E-state index contributed by atoms with van der Waals surface area (Å²) in [5.41, 5.74) is 0.512. The van der Waals surface area contributed by atoms with Gasteiger partial charge in [0.15, 0.2) is 5.96 Å². The molecule has 1 aromatic rings. The van der Waals surface area contributed by atoms with Crippen molar-refractivity contribution < 1.29 is 9.72 Å². The maximum Gasteiger partial charge on any atom is 0.269 e. The van der Waals surface area contributed by atoms with E-state index in [2.05, 4.69) is 15.6 Å². The summed E-state index contributed by atoms with van der Waals surface area (Å²) in [5.74, 6) is 0.425. The molecule has 1 rings (SSSR count). The summed E-state index contributed by atoms with van der Waals surface area (Å²) >= 11 is 0. The largest absolute Gasteiger partial charge is 0.352 e. The van der Waals surface area contributed by atoms with Crippen LogP contribution in [0.4, 0.5) is 5.69 Å². The molecule has 0 spiro atoms. The van der Waals surface area contributed by atoms with E-state index in [9.17, 15) is 14.9 Å². The number of benzene rings is 1. The maximum absolute atomic E-state index is 12.0. The Kier molecular flexibility index (Phi) is 6.69. The first-order valence-electron chi connectivity index (χ1n) is 7.58. The summed E-state index contributed by atoms with van der Waals surface area (Å²) in [6.07, 6.45) is 0. The number of carbonyl (C=O) groups is 1. The van der Waals surface area contributed by atoms with Crippen molar-refractivity contribution in [3.63, 3.8) is 0 Å². The van der Waals surface area contributed by atoms with Crippen LogP contribution in [0.2, 0.25) is 0 Å². The molecule has 1 amide bonds. The van der Waals surface area contributed by atoms with Crippen molar-refractivity contribution in [1.29, 1.82) is 0 Å². The van der Waals surface area contributed by atoms with Crippen molar-refractivity contribution in [3.8, 4) is 0 Å². The minimum absolute atomic E-state index is 0.0437. The molecule has 0 atom stereocenters. The molecule has 0 radical (unpaired) electrons. The molecule has 8 nitrogen and oxygen atoms in total. The number of nitro benzene ring substituents is 1. The van der Waals surface area contributed by atoms with E-state index in [1.807, 2.05) is 20.8 Å². The molecule has 0 unspecified atom stereocenters. The summed E-state index contributed by atoms with van der Waals surface area (Å²) in [5, 5.41) is 16.8. The van der Waals surface area contributed by atoms with Crippen LogP contribution in [0.1, 0.15) is 26.3 Å². The Bertz CT molecular complexity index is 622. The van der Waals surface area contributed by atoms with Gasteiger partial charge in [0.2, 0.25) is 5.91 Å². The summed E-state index contributed by atoms with van der Waals surface area (Å²) in [4.78, 5) is 28.2. The SMILES string of the molecule is CN=C(NCc1cccc([N+](=O)[O-])c1)N(C)CC(=O)NC(C)(C)C. The van der Waals surface area contributed by atoms with E-state index in [1.54, 1.807) is 31.1 Å². The lowest BCUT2D eigenvalue weighted by molar-refractivity contribution is -0.384. The van der Waals surface area contributed by atoms with Gasteiger partial charge in [-0.1, -0.05) is 12.1 Å². The van der Waals surface area contributed by atoms with Crippen molar-refractivity contribution in [2.75, 3.05) is 20.6 Å². The van der Waals surface area contributed by atoms with Gasteiger partial charge in [-0.3, -0.25) is 19.9 Å². The van der Waals surface area contributed by atoms with E-state index in [0.29, 0.717) is 12.5 Å². The van der Waals surface area contributed by atoms with Crippen LogP contribution in [0.3, 0.4) is 0 Å². The van der Waals surface area contributed by atoms with Crippen LogP contribution in [0.5, 0.6) is 0 Å². The Balaban J connectivity index is 2.63. The molecule has 0 saturated heterocycles. The van der Waals surface area contributed by atoms with Crippen molar-refractivity contribution in [2.24, 2.45) is 4.99 Å². The zero-order chi connectivity index (χ0) is 18.3. The quantitative estimate of drug-likeness (QED) is 0.368. The number of nitro groups is 1. The number of rotatable bonds is 5. The average molecular weight is 335 g/mol. The zero-order valence-corrected chi connectivity index (χ0v) is 14.8. The van der Waals surface area contributed by atoms with Gasteiger partial charge in [-0.25, -0.2) is 0 Å². The molecule has 0 aliphatic carbocycles. The molecule has 1 aromatic carbocycles. The number of guanidine groups is 1. The van der Waals surface area contributed by atoms with E-state index in [-0.39, 0.29) is 23.7 Å². The van der Waals surface area contributed by atoms with Crippen LogP contribution in [0.25, 0.3) is 0 Å². The van der Waals surface area contributed by atoms with Crippen molar-refractivity contribution in [1.82, 2.24) is 15.5 Å². The smallest absolute Gasteiger partial charge is 0.269 e. The third-order valence-electron chi connectivity index (χ3n) is 3.04. The van der Waals surface area contributed by atoms with Gasteiger partial charge in [0.25, 0.3) is 5.69 Å². The Morgan fingerprint density at radius 1 is 1.38 bits per heavy atom. The van der Waals surface area contributed by atoms with Gasteiger partial charge in [0.1, 0.15) is 0 Å². The molecule has 0 fully saturated rings. The van der Waals surface area contributed by atoms with Gasteiger partial charge in [0, 0.05) is 38.3 Å². The van der Waals surface area contributed by atoms with Gasteiger partial charge < -0.3 is 15.5 Å². The topological polar surface area (TPSA) is 99.9 Å². The van der Waals surface area contributed by atoms with E-state index in [1.165, 1.54) is 12.1 Å². The van der Waals surface area contributed by atoms with Crippen molar-refractivity contribution in [3.05, 3.63) is 39.9 Å². The molecule has 0 heterocycles. The number of non-ortho nitro benzene ring substituents is 1. The number of hydrogen-bond donors (Lipinski definition) is 2.